The minimum atomic E-state index is -0.387. The smallest absolute Gasteiger partial charge is 0.338 e. The Kier molecular flexibility index (Phi) is 6.59. The van der Waals surface area contributed by atoms with Crippen LogP contribution >= 0.6 is 11.6 Å². The summed E-state index contributed by atoms with van der Waals surface area (Å²) < 4.78 is 5.42. The third-order valence-electron chi connectivity index (χ3n) is 3.86. The summed E-state index contributed by atoms with van der Waals surface area (Å²) in [7, 11) is 1.93. The second kappa shape index (κ2) is 8.67. The number of aryl methyl sites for hydroxylation is 2. The molecule has 0 fully saturated rings. The number of esters is 1. The molecule has 5 heteroatoms. The van der Waals surface area contributed by atoms with Gasteiger partial charge < -0.3 is 9.64 Å². The van der Waals surface area contributed by atoms with Crippen LogP contribution in [0.4, 0.5) is 5.69 Å². The van der Waals surface area contributed by atoms with Gasteiger partial charge in [-0.15, -0.1) is 0 Å². The summed E-state index contributed by atoms with van der Waals surface area (Å²) in [6, 6.07) is 11.3. The van der Waals surface area contributed by atoms with Crippen LogP contribution in [0.25, 0.3) is 0 Å². The third kappa shape index (κ3) is 5.33. The minimum absolute atomic E-state index is 0.235. The minimum Gasteiger partial charge on any atom is -0.457 e. The molecule has 2 aromatic rings. The molecule has 2 rings (SSSR count). The predicted molar refractivity (Wildman–Crippen MR) is 103 cm³/mol. The number of aliphatic imine (C=N–C) groups is 1. The second-order valence-corrected chi connectivity index (χ2v) is 6.41. The van der Waals surface area contributed by atoms with Crippen LogP contribution < -0.4 is 0 Å². The topological polar surface area (TPSA) is 41.9 Å². The van der Waals surface area contributed by atoms with Gasteiger partial charge in [-0.25, -0.2) is 9.79 Å². The Morgan fingerprint density at radius 1 is 1.28 bits per heavy atom. The van der Waals surface area contributed by atoms with Gasteiger partial charge in [0.25, 0.3) is 0 Å². The molecule has 0 unspecified atom stereocenters. The van der Waals surface area contributed by atoms with Gasteiger partial charge in [-0.3, -0.25) is 0 Å². The number of hydrogen-bond acceptors (Lipinski definition) is 3. The molecular weight excluding hydrogens is 336 g/mol. The van der Waals surface area contributed by atoms with E-state index in [1.165, 1.54) is 0 Å². The van der Waals surface area contributed by atoms with E-state index in [4.69, 9.17) is 16.3 Å². The molecule has 0 saturated heterocycles. The lowest BCUT2D eigenvalue weighted by Crippen LogP contribution is -2.14. The molecule has 25 heavy (non-hydrogen) atoms. The maximum absolute atomic E-state index is 12.4. The van der Waals surface area contributed by atoms with Gasteiger partial charge in [0, 0.05) is 13.6 Å². The average molecular weight is 359 g/mol. The summed E-state index contributed by atoms with van der Waals surface area (Å²) in [5.74, 6) is -0.387. The Morgan fingerprint density at radius 2 is 2.04 bits per heavy atom. The van der Waals surface area contributed by atoms with E-state index in [0.29, 0.717) is 16.3 Å². The molecule has 0 aliphatic rings. The molecule has 2 aromatic carbocycles. The zero-order valence-corrected chi connectivity index (χ0v) is 15.8. The molecule has 0 radical (unpaired) electrons. The van der Waals surface area contributed by atoms with Crippen LogP contribution in [0.5, 0.6) is 0 Å². The highest BCUT2D eigenvalue weighted by Gasteiger charge is 2.14. The van der Waals surface area contributed by atoms with Crippen LogP contribution in [0.2, 0.25) is 5.02 Å². The number of rotatable bonds is 6. The van der Waals surface area contributed by atoms with Gasteiger partial charge in [-0.2, -0.15) is 0 Å². The van der Waals surface area contributed by atoms with Crippen molar-refractivity contribution in [3.05, 3.63) is 63.7 Å². The van der Waals surface area contributed by atoms with E-state index in [1.807, 2.05) is 57.0 Å². The van der Waals surface area contributed by atoms with E-state index >= 15 is 0 Å². The number of hydrogen-bond donors (Lipinski definition) is 0. The molecule has 0 amide bonds. The molecule has 0 N–H and O–H groups in total. The maximum atomic E-state index is 12.4. The Hall–Kier alpha value is -2.33. The molecule has 4 nitrogen and oxygen atoms in total. The summed E-state index contributed by atoms with van der Waals surface area (Å²) in [6.07, 6.45) is 1.72. The van der Waals surface area contributed by atoms with Crippen LogP contribution in [0.15, 0.2) is 41.4 Å². The van der Waals surface area contributed by atoms with Crippen molar-refractivity contribution in [2.45, 2.75) is 27.4 Å². The van der Waals surface area contributed by atoms with Crippen molar-refractivity contribution < 1.29 is 9.53 Å². The van der Waals surface area contributed by atoms with Gasteiger partial charge in [0.2, 0.25) is 0 Å². The molecule has 0 aliphatic carbocycles. The van der Waals surface area contributed by atoms with Crippen LogP contribution in [0.3, 0.4) is 0 Å². The van der Waals surface area contributed by atoms with Crippen LogP contribution in [-0.2, 0) is 11.3 Å². The molecule has 0 atom stereocenters. The number of ether oxygens (including phenoxy) is 1. The lowest BCUT2D eigenvalue weighted by Gasteiger charge is -2.11. The zero-order valence-electron chi connectivity index (χ0n) is 15.0. The second-order valence-electron chi connectivity index (χ2n) is 6.00. The van der Waals surface area contributed by atoms with E-state index in [2.05, 4.69) is 4.99 Å². The number of halogens is 1. The van der Waals surface area contributed by atoms with E-state index in [-0.39, 0.29) is 12.6 Å². The first-order valence-corrected chi connectivity index (χ1v) is 8.55. The fraction of sp³-hybridized carbons (Fsp3) is 0.300. The average Bonchev–Trinajstić information content (AvgIpc) is 2.59. The summed E-state index contributed by atoms with van der Waals surface area (Å²) >= 11 is 6.27. The zero-order chi connectivity index (χ0) is 18.4. The molecule has 0 saturated carbocycles. The summed E-state index contributed by atoms with van der Waals surface area (Å²) in [5, 5.41) is 0.425. The Labute approximate surface area is 154 Å². The first kappa shape index (κ1) is 19.0. The molecule has 0 heterocycles. The fourth-order valence-corrected chi connectivity index (χ4v) is 2.47. The first-order chi connectivity index (χ1) is 11.9. The van der Waals surface area contributed by atoms with Crippen LogP contribution in [0, 0.1) is 13.8 Å². The van der Waals surface area contributed by atoms with Crippen LogP contribution in [-0.4, -0.2) is 30.8 Å². The standard InChI is InChI=1S/C20H23ClN2O2/c1-5-23(4)13-22-19-10-15(3)17(11-18(19)21)20(24)25-12-16-8-6-7-14(2)9-16/h6-11,13H,5,12H2,1-4H3. The summed E-state index contributed by atoms with van der Waals surface area (Å²) in [5.41, 5.74) is 3.97. The molecular formula is C20H23ClN2O2. The number of nitrogens with zero attached hydrogens (tertiary/aromatic N) is 2. The Bertz CT molecular complexity index is 787. The van der Waals surface area contributed by atoms with Crippen molar-refractivity contribution in [1.82, 2.24) is 4.90 Å². The highest BCUT2D eigenvalue weighted by Crippen LogP contribution is 2.29. The number of carbonyl (C=O) groups is 1. The molecule has 0 bridgehead atoms. The van der Waals surface area contributed by atoms with Crippen molar-refractivity contribution in [1.29, 1.82) is 0 Å². The highest BCUT2D eigenvalue weighted by molar-refractivity contribution is 6.33. The van der Waals surface area contributed by atoms with E-state index in [0.717, 1.165) is 23.2 Å². The molecule has 0 spiro atoms. The van der Waals surface area contributed by atoms with Gasteiger partial charge >= 0.3 is 5.97 Å². The molecule has 0 aliphatic heterocycles. The largest absolute Gasteiger partial charge is 0.457 e. The number of benzene rings is 2. The van der Waals surface area contributed by atoms with Crippen molar-refractivity contribution >= 4 is 29.6 Å². The van der Waals surface area contributed by atoms with Gasteiger partial charge in [-0.05, 0) is 44.0 Å². The molecule has 132 valence electrons. The molecule has 0 aromatic heterocycles. The van der Waals surface area contributed by atoms with Crippen LogP contribution in [0.1, 0.15) is 34.0 Å². The predicted octanol–water partition coefficient (Wildman–Crippen LogP) is 4.93. The van der Waals surface area contributed by atoms with E-state index in [9.17, 15) is 4.79 Å². The summed E-state index contributed by atoms with van der Waals surface area (Å²) in [4.78, 5) is 18.7. The van der Waals surface area contributed by atoms with Crippen molar-refractivity contribution in [2.24, 2.45) is 4.99 Å². The monoisotopic (exact) mass is 358 g/mol. The fourth-order valence-electron chi connectivity index (χ4n) is 2.26. The Balaban J connectivity index is 2.12. The highest BCUT2D eigenvalue weighted by atomic mass is 35.5. The quantitative estimate of drug-likeness (QED) is 0.418. The van der Waals surface area contributed by atoms with Crippen molar-refractivity contribution in [2.75, 3.05) is 13.6 Å². The van der Waals surface area contributed by atoms with Crippen molar-refractivity contribution in [3.8, 4) is 0 Å². The Morgan fingerprint density at radius 3 is 2.72 bits per heavy atom. The maximum Gasteiger partial charge on any atom is 0.338 e. The SMILES string of the molecule is CCN(C)C=Nc1cc(C)c(C(=O)OCc2cccc(C)c2)cc1Cl. The van der Waals surface area contributed by atoms with Gasteiger partial charge in [0.05, 0.1) is 22.6 Å². The van der Waals surface area contributed by atoms with Gasteiger partial charge in [0.1, 0.15) is 6.61 Å². The van der Waals surface area contributed by atoms with Gasteiger partial charge in [-0.1, -0.05) is 41.4 Å². The lowest BCUT2D eigenvalue weighted by molar-refractivity contribution is 0.0472. The van der Waals surface area contributed by atoms with E-state index < -0.39 is 0 Å². The third-order valence-corrected chi connectivity index (χ3v) is 4.16. The normalized spacial score (nSPS) is 10.9. The number of carbonyl (C=O) groups excluding carboxylic acids is 1. The van der Waals surface area contributed by atoms with Crippen molar-refractivity contribution in [3.63, 3.8) is 0 Å². The first-order valence-electron chi connectivity index (χ1n) is 8.18. The van der Waals surface area contributed by atoms with Gasteiger partial charge in [0.15, 0.2) is 0 Å². The van der Waals surface area contributed by atoms with E-state index in [1.54, 1.807) is 18.5 Å². The lowest BCUT2D eigenvalue weighted by atomic mass is 10.1. The summed E-state index contributed by atoms with van der Waals surface area (Å²) in [6.45, 7) is 6.97.